The van der Waals surface area contributed by atoms with Crippen molar-refractivity contribution in [3.05, 3.63) is 17.6 Å². The van der Waals surface area contributed by atoms with Crippen LogP contribution in [0.15, 0.2) is 6.20 Å². The Morgan fingerprint density at radius 1 is 1.35 bits per heavy atom. The first-order valence-electron chi connectivity index (χ1n) is 6.59. The normalized spacial score (nSPS) is 17.1. The third kappa shape index (κ3) is 3.87. The molecule has 1 N–H and O–H groups in total. The average molecular weight is 300 g/mol. The van der Waals surface area contributed by atoms with Gasteiger partial charge in [-0.15, -0.1) is 0 Å². The van der Waals surface area contributed by atoms with E-state index in [0.717, 1.165) is 11.4 Å². The molecule has 1 fully saturated rings. The fraction of sp³-hybridized carbons (Fsp3) is 0.667. The molecule has 0 unspecified atom stereocenters. The predicted molar refractivity (Wildman–Crippen MR) is 76.2 cm³/mol. The Morgan fingerprint density at radius 3 is 2.75 bits per heavy atom. The van der Waals surface area contributed by atoms with E-state index in [1.165, 1.54) is 4.31 Å². The van der Waals surface area contributed by atoms with Crippen molar-refractivity contribution in [1.29, 1.82) is 0 Å². The van der Waals surface area contributed by atoms with Crippen LogP contribution in [0.1, 0.15) is 11.4 Å². The number of aryl methyl sites for hydroxylation is 2. The monoisotopic (exact) mass is 300 g/mol. The zero-order valence-electron chi connectivity index (χ0n) is 11.8. The molecule has 0 aliphatic carbocycles. The maximum absolute atomic E-state index is 12.1. The summed E-state index contributed by atoms with van der Waals surface area (Å²) in [7, 11) is -3.23. The molecule has 8 heteroatoms. The maximum Gasteiger partial charge on any atom is 0.215 e. The van der Waals surface area contributed by atoms with Crippen molar-refractivity contribution < 1.29 is 13.2 Å². The first kappa shape index (κ1) is 15.1. The van der Waals surface area contributed by atoms with Crippen LogP contribution < -0.4 is 5.32 Å². The summed E-state index contributed by atoms with van der Waals surface area (Å²) in [5, 5.41) is 3.04. The number of hydrogen-bond acceptors (Lipinski definition) is 6. The molecule has 112 valence electrons. The zero-order valence-corrected chi connectivity index (χ0v) is 12.6. The van der Waals surface area contributed by atoms with Gasteiger partial charge in [0.05, 0.1) is 30.4 Å². The Bertz CT molecular complexity index is 556. The van der Waals surface area contributed by atoms with E-state index in [1.54, 1.807) is 6.20 Å². The van der Waals surface area contributed by atoms with Gasteiger partial charge in [0.15, 0.2) is 0 Å². The van der Waals surface area contributed by atoms with Crippen LogP contribution in [0, 0.1) is 13.8 Å². The minimum atomic E-state index is -3.23. The topological polar surface area (TPSA) is 84.4 Å². The number of rotatable bonds is 5. The quantitative estimate of drug-likeness (QED) is 0.834. The minimum absolute atomic E-state index is 0.0437. The van der Waals surface area contributed by atoms with Gasteiger partial charge < -0.3 is 10.1 Å². The maximum atomic E-state index is 12.1. The molecule has 0 aromatic carbocycles. The minimum Gasteiger partial charge on any atom is -0.379 e. The molecule has 0 amide bonds. The van der Waals surface area contributed by atoms with Crippen molar-refractivity contribution in [1.82, 2.24) is 14.3 Å². The van der Waals surface area contributed by atoms with Crippen molar-refractivity contribution in [2.75, 3.05) is 43.9 Å². The molecule has 1 aromatic heterocycles. The smallest absolute Gasteiger partial charge is 0.215 e. The van der Waals surface area contributed by atoms with Crippen LogP contribution >= 0.6 is 0 Å². The van der Waals surface area contributed by atoms with E-state index >= 15 is 0 Å². The molecule has 20 heavy (non-hydrogen) atoms. The summed E-state index contributed by atoms with van der Waals surface area (Å²) in [5.41, 5.74) is 1.56. The van der Waals surface area contributed by atoms with Gasteiger partial charge in [0, 0.05) is 25.8 Å². The van der Waals surface area contributed by atoms with Gasteiger partial charge in [-0.1, -0.05) is 0 Å². The van der Waals surface area contributed by atoms with Crippen LogP contribution in [0.4, 0.5) is 5.82 Å². The summed E-state index contributed by atoms with van der Waals surface area (Å²) in [6.45, 7) is 5.81. The lowest BCUT2D eigenvalue weighted by atomic mass is 10.4. The number of anilines is 1. The Kier molecular flexibility index (Phi) is 4.90. The Hall–Kier alpha value is -1.25. The molecule has 0 spiro atoms. The standard InChI is InChI=1S/C12H20N4O3S/c1-10-9-14-11(2)12(15-10)13-3-8-20(17,18)16-4-6-19-7-5-16/h9H,3-8H2,1-2H3,(H,13,15). The molecule has 0 saturated carbocycles. The van der Waals surface area contributed by atoms with Gasteiger partial charge in [-0.3, -0.25) is 4.98 Å². The fourth-order valence-corrected chi connectivity index (χ4v) is 3.28. The molecule has 1 aliphatic heterocycles. The van der Waals surface area contributed by atoms with Gasteiger partial charge in [-0.2, -0.15) is 4.31 Å². The summed E-state index contributed by atoms with van der Waals surface area (Å²) in [5.74, 6) is 0.685. The lowest BCUT2D eigenvalue weighted by Gasteiger charge is -2.26. The number of sulfonamides is 1. The van der Waals surface area contributed by atoms with Crippen molar-refractivity contribution in [2.24, 2.45) is 0 Å². The van der Waals surface area contributed by atoms with Crippen molar-refractivity contribution >= 4 is 15.8 Å². The molecular formula is C12H20N4O3S. The van der Waals surface area contributed by atoms with Gasteiger partial charge in [-0.05, 0) is 13.8 Å². The second kappa shape index (κ2) is 6.47. The number of nitrogens with zero attached hydrogens (tertiary/aromatic N) is 3. The summed E-state index contributed by atoms with van der Waals surface area (Å²) < 4.78 is 30.9. The van der Waals surface area contributed by atoms with Crippen LogP contribution in [-0.2, 0) is 14.8 Å². The van der Waals surface area contributed by atoms with Gasteiger partial charge >= 0.3 is 0 Å². The largest absolute Gasteiger partial charge is 0.379 e. The van der Waals surface area contributed by atoms with Crippen molar-refractivity contribution in [2.45, 2.75) is 13.8 Å². The van der Waals surface area contributed by atoms with E-state index in [1.807, 2.05) is 13.8 Å². The summed E-state index contributed by atoms with van der Waals surface area (Å²) in [6, 6.07) is 0. The Labute approximate surface area is 119 Å². The highest BCUT2D eigenvalue weighted by Gasteiger charge is 2.23. The molecule has 2 heterocycles. The highest BCUT2D eigenvalue weighted by Crippen LogP contribution is 2.09. The lowest BCUT2D eigenvalue weighted by Crippen LogP contribution is -2.42. The van der Waals surface area contributed by atoms with E-state index < -0.39 is 10.0 Å². The summed E-state index contributed by atoms with van der Waals surface area (Å²) in [4.78, 5) is 8.48. The van der Waals surface area contributed by atoms with Gasteiger partial charge in [0.1, 0.15) is 5.82 Å². The molecule has 0 radical (unpaired) electrons. The lowest BCUT2D eigenvalue weighted by molar-refractivity contribution is 0.0731. The van der Waals surface area contributed by atoms with Crippen molar-refractivity contribution in [3.63, 3.8) is 0 Å². The highest BCUT2D eigenvalue weighted by molar-refractivity contribution is 7.89. The van der Waals surface area contributed by atoms with E-state index in [-0.39, 0.29) is 5.75 Å². The molecule has 1 aromatic rings. The number of aromatic nitrogens is 2. The number of nitrogens with one attached hydrogen (secondary N) is 1. The van der Waals surface area contributed by atoms with E-state index in [4.69, 9.17) is 4.74 Å². The van der Waals surface area contributed by atoms with E-state index in [2.05, 4.69) is 15.3 Å². The molecule has 7 nitrogen and oxygen atoms in total. The predicted octanol–water partition coefficient (Wildman–Crippen LogP) is 0.167. The van der Waals surface area contributed by atoms with Gasteiger partial charge in [-0.25, -0.2) is 13.4 Å². The first-order valence-corrected chi connectivity index (χ1v) is 8.19. The molecule has 1 saturated heterocycles. The second-order valence-electron chi connectivity index (χ2n) is 4.70. The van der Waals surface area contributed by atoms with Gasteiger partial charge in [0.25, 0.3) is 0 Å². The highest BCUT2D eigenvalue weighted by atomic mass is 32.2. The number of morpholine rings is 1. The van der Waals surface area contributed by atoms with Crippen LogP contribution in [0.2, 0.25) is 0 Å². The second-order valence-corrected chi connectivity index (χ2v) is 6.79. The molecule has 0 bridgehead atoms. The summed E-state index contributed by atoms with van der Waals surface area (Å²) in [6.07, 6.45) is 1.69. The first-order chi connectivity index (χ1) is 9.49. The Balaban J connectivity index is 1.90. The Morgan fingerprint density at radius 2 is 2.05 bits per heavy atom. The van der Waals surface area contributed by atoms with Crippen LogP contribution in [-0.4, -0.2) is 61.3 Å². The average Bonchev–Trinajstić information content (AvgIpc) is 2.43. The van der Waals surface area contributed by atoms with E-state index in [9.17, 15) is 8.42 Å². The van der Waals surface area contributed by atoms with Crippen LogP contribution in [0.25, 0.3) is 0 Å². The molecular weight excluding hydrogens is 280 g/mol. The summed E-state index contributed by atoms with van der Waals surface area (Å²) >= 11 is 0. The molecule has 0 atom stereocenters. The van der Waals surface area contributed by atoms with Crippen molar-refractivity contribution in [3.8, 4) is 0 Å². The molecule has 2 rings (SSSR count). The zero-order chi connectivity index (χ0) is 14.6. The fourth-order valence-electron chi connectivity index (χ4n) is 1.96. The van der Waals surface area contributed by atoms with Crippen LogP contribution in [0.5, 0.6) is 0 Å². The third-order valence-electron chi connectivity index (χ3n) is 3.09. The number of ether oxygens (including phenoxy) is 1. The SMILES string of the molecule is Cc1cnc(C)c(NCCS(=O)(=O)N2CCOCC2)n1. The van der Waals surface area contributed by atoms with Gasteiger partial charge in [0.2, 0.25) is 10.0 Å². The van der Waals surface area contributed by atoms with Crippen LogP contribution in [0.3, 0.4) is 0 Å². The third-order valence-corrected chi connectivity index (χ3v) is 4.96. The number of hydrogen-bond donors (Lipinski definition) is 1. The van der Waals surface area contributed by atoms with E-state index in [0.29, 0.717) is 38.7 Å². The molecule has 1 aliphatic rings.